The molecule has 3 fully saturated rings. The van der Waals surface area contributed by atoms with Crippen molar-refractivity contribution in [3.8, 4) is 17.2 Å². The van der Waals surface area contributed by atoms with E-state index in [-0.39, 0.29) is 46.2 Å². The van der Waals surface area contributed by atoms with Crippen LogP contribution in [0.5, 0.6) is 17.2 Å². The molecule has 15 heteroatoms. The predicted octanol–water partition coefficient (Wildman–Crippen LogP) is 10.3. The average Bonchev–Trinajstić information content (AvgIpc) is 4.28. The number of carbonyl (C=O) groups excluding carboxylic acids is 4. The number of carbonyl (C=O) groups is 4. The van der Waals surface area contributed by atoms with Crippen molar-refractivity contribution in [2.45, 2.75) is 106 Å². The van der Waals surface area contributed by atoms with Gasteiger partial charge in [0.1, 0.15) is 23.0 Å². The number of hydrogen-bond acceptors (Lipinski definition) is 12. The van der Waals surface area contributed by atoms with Gasteiger partial charge in [-0.2, -0.15) is 0 Å². The molecule has 0 saturated heterocycles. The molecule has 0 radical (unpaired) electrons. The number of aliphatic hydroxyl groups excluding tert-OH is 2. The summed E-state index contributed by atoms with van der Waals surface area (Å²) in [5.74, 6) is 1.68. The number of methoxy groups -OCH3 is 3. The zero-order valence-electron chi connectivity index (χ0n) is 41.4. The van der Waals surface area contributed by atoms with E-state index in [9.17, 15) is 29.4 Å². The normalized spacial score (nSPS) is 21.3. The van der Waals surface area contributed by atoms with Gasteiger partial charge in [-0.05, 0) is 135 Å². The molecule has 0 atom stereocenters. The van der Waals surface area contributed by atoms with Crippen molar-refractivity contribution in [2.24, 2.45) is 0 Å². The van der Waals surface area contributed by atoms with Crippen molar-refractivity contribution >= 4 is 57.5 Å². The number of ketones is 1. The first-order valence-corrected chi connectivity index (χ1v) is 27.3. The van der Waals surface area contributed by atoms with E-state index in [0.29, 0.717) is 72.2 Å². The maximum absolute atomic E-state index is 12.6. The monoisotopic (exact) mass is 1030 g/mol. The Morgan fingerprint density at radius 1 is 0.472 bits per heavy atom. The van der Waals surface area contributed by atoms with Crippen molar-refractivity contribution in [3.63, 3.8) is 0 Å². The second kappa shape index (κ2) is 25.7. The number of Topliss-reactive ketones (excluding diaryl/α,β-unsaturated/α-hetero) is 1. The van der Waals surface area contributed by atoms with E-state index in [1.54, 1.807) is 91.7 Å². The Labute approximate surface area is 435 Å². The number of para-hydroxylation sites is 3. The van der Waals surface area contributed by atoms with Gasteiger partial charge in [-0.3, -0.25) is 19.2 Å². The molecule has 0 unspecified atom stereocenters. The van der Waals surface area contributed by atoms with Crippen molar-refractivity contribution < 1.29 is 43.6 Å². The summed E-state index contributed by atoms with van der Waals surface area (Å²) < 4.78 is 15.8. The van der Waals surface area contributed by atoms with E-state index < -0.39 is 0 Å². The van der Waals surface area contributed by atoms with Crippen molar-refractivity contribution in [2.75, 3.05) is 41.0 Å². The van der Waals surface area contributed by atoms with Gasteiger partial charge >= 0.3 is 0 Å². The average molecular weight is 1030 g/mol. The highest BCUT2D eigenvalue weighted by Crippen LogP contribution is 2.43. The molecule has 382 valence electrons. The molecule has 0 spiro atoms. The molecule has 3 aromatic carbocycles. The second-order valence-corrected chi connectivity index (χ2v) is 21.8. The Bertz CT molecular complexity index is 2520. The molecule has 3 heterocycles. The quantitative estimate of drug-likeness (QED) is 0.0671. The van der Waals surface area contributed by atoms with Crippen LogP contribution in [-0.2, 0) is 21.0 Å². The Hall–Kier alpha value is -5.84. The summed E-state index contributed by atoms with van der Waals surface area (Å²) >= 11 is 5.15. The van der Waals surface area contributed by atoms with Crippen LogP contribution in [0.2, 0.25) is 0 Å². The summed E-state index contributed by atoms with van der Waals surface area (Å²) in [6, 6.07) is 34.2. The minimum absolute atomic E-state index is 0.0783. The highest BCUT2D eigenvalue weighted by atomic mass is 32.1. The van der Waals surface area contributed by atoms with Gasteiger partial charge in [-0.25, -0.2) is 0 Å². The summed E-state index contributed by atoms with van der Waals surface area (Å²) in [5, 5.41) is 35.2. The lowest BCUT2D eigenvalue weighted by Crippen LogP contribution is -2.43. The summed E-state index contributed by atoms with van der Waals surface area (Å²) in [7, 11) is 4.70. The summed E-state index contributed by atoms with van der Waals surface area (Å²) in [6.07, 6.45) is 8.99. The van der Waals surface area contributed by atoms with Crippen molar-refractivity contribution in [1.82, 2.24) is 16.0 Å². The number of aliphatic hydroxyl groups is 2. The van der Waals surface area contributed by atoms with Gasteiger partial charge < -0.3 is 40.4 Å². The fourth-order valence-electron chi connectivity index (χ4n) is 10.1. The first kappa shape index (κ1) is 53.9. The standard InChI is InChI=1S/2C19H23NO3S.C19H21NO3S/c3*1-23-16-6-3-2-5-15(16)18(22)20-13-19(17-7-4-12-24-17)10-8-14(21)9-11-19/h2*2-7,12,14,21H,8-11,13H2,1H3,(H,20,22);2-7,12H,8-11,13H2,1H3,(H,20,22). The first-order valence-electron chi connectivity index (χ1n) is 24.7. The topological polar surface area (TPSA) is 173 Å². The van der Waals surface area contributed by atoms with Crippen LogP contribution in [0.4, 0.5) is 0 Å². The van der Waals surface area contributed by atoms with Crippen molar-refractivity contribution in [3.05, 3.63) is 157 Å². The number of nitrogens with one attached hydrogen (secondary N) is 3. The predicted molar refractivity (Wildman–Crippen MR) is 286 cm³/mol. The number of thiophene rings is 3. The zero-order chi connectivity index (χ0) is 51.0. The van der Waals surface area contributed by atoms with E-state index in [4.69, 9.17) is 14.2 Å². The number of hydrogen-bond donors (Lipinski definition) is 5. The molecule has 9 rings (SSSR count). The van der Waals surface area contributed by atoms with Gasteiger partial charge in [0.25, 0.3) is 17.7 Å². The van der Waals surface area contributed by atoms with Gasteiger partial charge in [0.2, 0.25) is 0 Å². The first-order chi connectivity index (χ1) is 34.9. The van der Waals surface area contributed by atoms with Crippen LogP contribution in [0, 0.1) is 0 Å². The molecule has 0 bridgehead atoms. The highest BCUT2D eigenvalue weighted by molar-refractivity contribution is 7.10. The molecular formula is C57H67N3O9S3. The molecule has 5 N–H and O–H groups in total. The molecule has 0 aliphatic heterocycles. The van der Waals surface area contributed by atoms with Crippen LogP contribution in [0.1, 0.15) is 123 Å². The van der Waals surface area contributed by atoms with Crippen LogP contribution in [0.3, 0.4) is 0 Å². The third-order valence-corrected chi connectivity index (χ3v) is 17.9. The van der Waals surface area contributed by atoms with E-state index in [1.807, 2.05) is 42.5 Å². The van der Waals surface area contributed by atoms with E-state index in [2.05, 4.69) is 62.4 Å². The Balaban J connectivity index is 0.000000158. The summed E-state index contributed by atoms with van der Waals surface area (Å²) in [6.45, 7) is 1.70. The molecule has 3 aliphatic carbocycles. The van der Waals surface area contributed by atoms with Crippen LogP contribution < -0.4 is 30.2 Å². The van der Waals surface area contributed by atoms with E-state index in [0.717, 1.165) is 64.2 Å². The molecule has 12 nitrogen and oxygen atoms in total. The number of ether oxygens (including phenoxy) is 3. The van der Waals surface area contributed by atoms with Crippen LogP contribution in [0.15, 0.2) is 125 Å². The lowest BCUT2D eigenvalue weighted by atomic mass is 9.72. The lowest BCUT2D eigenvalue weighted by Gasteiger charge is -2.38. The van der Waals surface area contributed by atoms with Gasteiger partial charge in [0, 0.05) is 63.4 Å². The van der Waals surface area contributed by atoms with Crippen LogP contribution in [-0.4, -0.2) is 86.9 Å². The maximum atomic E-state index is 12.6. The maximum Gasteiger partial charge on any atom is 0.255 e. The Morgan fingerprint density at radius 3 is 1.04 bits per heavy atom. The van der Waals surface area contributed by atoms with Gasteiger partial charge in [-0.15, -0.1) is 34.0 Å². The summed E-state index contributed by atoms with van der Waals surface area (Å²) in [4.78, 5) is 53.3. The van der Waals surface area contributed by atoms with Gasteiger partial charge in [0.15, 0.2) is 0 Å². The molecule has 3 aromatic heterocycles. The van der Waals surface area contributed by atoms with Gasteiger partial charge in [0.05, 0.1) is 50.2 Å². The molecular weight excluding hydrogens is 967 g/mol. The van der Waals surface area contributed by atoms with E-state index in [1.165, 1.54) is 14.6 Å². The molecule has 3 aliphatic rings. The molecule has 72 heavy (non-hydrogen) atoms. The molecule has 6 aromatic rings. The fraction of sp³-hybridized carbons (Fsp3) is 0.404. The van der Waals surface area contributed by atoms with Gasteiger partial charge in [-0.1, -0.05) is 54.6 Å². The third-order valence-electron chi connectivity index (χ3n) is 14.5. The second-order valence-electron chi connectivity index (χ2n) is 18.9. The largest absolute Gasteiger partial charge is 0.496 e. The number of amides is 3. The van der Waals surface area contributed by atoms with Crippen molar-refractivity contribution in [1.29, 1.82) is 0 Å². The minimum atomic E-state index is -0.219. The SMILES string of the molecule is COc1ccccc1C(=O)NCC1(c2cccs2)CCC(=O)CC1.COc1ccccc1C(=O)NCC1(c2cccs2)CCC(O)CC1.COc1ccccc1C(=O)NCC1(c2cccs2)CCC(O)CC1. The molecule has 3 amide bonds. The van der Waals surface area contributed by atoms with Crippen LogP contribution in [0.25, 0.3) is 0 Å². The number of rotatable bonds is 15. The third kappa shape index (κ3) is 13.4. The molecule has 3 saturated carbocycles. The Morgan fingerprint density at radius 2 is 0.764 bits per heavy atom. The Kier molecular flexibility index (Phi) is 19.3. The van der Waals surface area contributed by atoms with Crippen LogP contribution >= 0.6 is 34.0 Å². The lowest BCUT2D eigenvalue weighted by molar-refractivity contribution is -0.121. The smallest absolute Gasteiger partial charge is 0.255 e. The van der Waals surface area contributed by atoms with E-state index >= 15 is 0 Å². The zero-order valence-corrected chi connectivity index (χ0v) is 43.8. The number of benzene rings is 3. The fourth-order valence-corrected chi connectivity index (χ4v) is 13.1. The minimum Gasteiger partial charge on any atom is -0.496 e. The highest BCUT2D eigenvalue weighted by Gasteiger charge is 2.40. The summed E-state index contributed by atoms with van der Waals surface area (Å²) in [5.41, 5.74) is 1.35.